The van der Waals surface area contributed by atoms with E-state index in [0.29, 0.717) is 16.5 Å². The number of carbonyl (C=O) groups excluding carboxylic acids is 1. The van der Waals surface area contributed by atoms with Crippen molar-refractivity contribution in [1.29, 1.82) is 0 Å². The summed E-state index contributed by atoms with van der Waals surface area (Å²) in [7, 11) is 1.59. The van der Waals surface area contributed by atoms with Crippen LogP contribution in [0.2, 0.25) is 0 Å². The van der Waals surface area contributed by atoms with Gasteiger partial charge in [-0.25, -0.2) is 0 Å². The van der Waals surface area contributed by atoms with E-state index in [1.807, 2.05) is 35.2 Å². The SMILES string of the molecule is COc1ccc(-c2nnc(SC(C(=O)N3CCCCC3)c3ccccc3)[nH]c2=O)cc1. The van der Waals surface area contributed by atoms with Crippen molar-refractivity contribution in [1.82, 2.24) is 20.1 Å². The first-order chi connectivity index (χ1) is 15.2. The van der Waals surface area contributed by atoms with Crippen LogP contribution >= 0.6 is 11.8 Å². The van der Waals surface area contributed by atoms with Crippen LogP contribution in [0.1, 0.15) is 30.1 Å². The minimum absolute atomic E-state index is 0.0396. The van der Waals surface area contributed by atoms with E-state index in [0.717, 1.165) is 37.9 Å². The maximum atomic E-state index is 13.3. The number of piperidine rings is 1. The van der Waals surface area contributed by atoms with Gasteiger partial charge >= 0.3 is 0 Å². The molecule has 0 radical (unpaired) electrons. The maximum Gasteiger partial charge on any atom is 0.278 e. The van der Waals surface area contributed by atoms with Crippen LogP contribution in [0.15, 0.2) is 64.5 Å². The Kier molecular flexibility index (Phi) is 6.66. The van der Waals surface area contributed by atoms with Gasteiger partial charge in [-0.1, -0.05) is 42.1 Å². The molecule has 1 saturated heterocycles. The van der Waals surface area contributed by atoms with Crippen LogP contribution in [-0.2, 0) is 4.79 Å². The van der Waals surface area contributed by atoms with Crippen LogP contribution in [0.3, 0.4) is 0 Å². The molecule has 1 unspecified atom stereocenters. The van der Waals surface area contributed by atoms with Gasteiger partial charge in [0.1, 0.15) is 11.0 Å². The van der Waals surface area contributed by atoms with E-state index in [9.17, 15) is 9.59 Å². The molecule has 0 saturated carbocycles. The molecule has 8 heteroatoms. The number of methoxy groups -OCH3 is 1. The lowest BCUT2D eigenvalue weighted by molar-refractivity contribution is -0.131. The van der Waals surface area contributed by atoms with Crippen LogP contribution in [0.5, 0.6) is 5.75 Å². The number of thioether (sulfide) groups is 1. The molecule has 2 aromatic carbocycles. The minimum Gasteiger partial charge on any atom is -0.497 e. The summed E-state index contributed by atoms with van der Waals surface area (Å²) in [5, 5.41) is 8.18. The molecule has 0 bridgehead atoms. The van der Waals surface area contributed by atoms with E-state index in [1.54, 1.807) is 31.4 Å². The summed E-state index contributed by atoms with van der Waals surface area (Å²) in [5.41, 5.74) is 1.41. The predicted octanol–water partition coefficient (Wildman–Crippen LogP) is 3.69. The Hall–Kier alpha value is -3.13. The van der Waals surface area contributed by atoms with Crippen LogP contribution in [-0.4, -0.2) is 46.2 Å². The van der Waals surface area contributed by atoms with E-state index in [-0.39, 0.29) is 17.2 Å². The third-order valence-corrected chi connectivity index (χ3v) is 6.38. The summed E-state index contributed by atoms with van der Waals surface area (Å²) in [4.78, 5) is 30.7. The van der Waals surface area contributed by atoms with Crippen molar-refractivity contribution in [3.63, 3.8) is 0 Å². The number of likely N-dealkylation sites (tertiary alicyclic amines) is 1. The van der Waals surface area contributed by atoms with Gasteiger partial charge in [-0.2, -0.15) is 0 Å². The van der Waals surface area contributed by atoms with Crippen molar-refractivity contribution < 1.29 is 9.53 Å². The highest BCUT2D eigenvalue weighted by Crippen LogP contribution is 2.35. The fourth-order valence-electron chi connectivity index (χ4n) is 3.59. The Morgan fingerprint density at radius 3 is 2.39 bits per heavy atom. The number of rotatable bonds is 6. The Labute approximate surface area is 184 Å². The van der Waals surface area contributed by atoms with Gasteiger partial charge in [0.2, 0.25) is 5.91 Å². The first kappa shape index (κ1) is 21.1. The molecule has 1 fully saturated rings. The number of benzene rings is 2. The second-order valence-electron chi connectivity index (χ2n) is 7.33. The minimum atomic E-state index is -0.490. The molecule has 7 nitrogen and oxygen atoms in total. The average molecular weight is 437 g/mol. The number of aromatic nitrogens is 3. The van der Waals surface area contributed by atoms with E-state index in [4.69, 9.17) is 4.74 Å². The molecule has 1 atom stereocenters. The molecule has 1 amide bonds. The normalized spacial score (nSPS) is 14.8. The molecule has 4 rings (SSSR count). The molecule has 1 aromatic heterocycles. The Bertz CT molecular complexity index is 1080. The standard InChI is InChI=1S/C23H24N4O3S/c1-30-18-12-10-16(11-13-18)19-21(28)24-23(26-25-19)31-20(17-8-4-2-5-9-17)22(29)27-14-6-3-7-15-27/h2,4-5,8-13,20H,3,6-7,14-15H2,1H3,(H,24,26,28). The number of aromatic amines is 1. The van der Waals surface area contributed by atoms with Crippen LogP contribution < -0.4 is 10.3 Å². The molecule has 3 aromatic rings. The van der Waals surface area contributed by atoms with Crippen molar-refractivity contribution in [3.05, 3.63) is 70.5 Å². The van der Waals surface area contributed by atoms with Crippen molar-refractivity contribution in [2.24, 2.45) is 0 Å². The Morgan fingerprint density at radius 2 is 1.74 bits per heavy atom. The average Bonchev–Trinajstić information content (AvgIpc) is 2.83. The summed E-state index contributed by atoms with van der Waals surface area (Å²) >= 11 is 1.23. The molecule has 2 heterocycles. The summed E-state index contributed by atoms with van der Waals surface area (Å²) in [6, 6.07) is 16.6. The van der Waals surface area contributed by atoms with Gasteiger partial charge in [-0.15, -0.1) is 10.2 Å². The summed E-state index contributed by atoms with van der Waals surface area (Å²) in [5.74, 6) is 0.736. The molecular formula is C23H24N4O3S. The number of nitrogens with one attached hydrogen (secondary N) is 1. The number of amides is 1. The fraction of sp³-hybridized carbons (Fsp3) is 0.304. The summed E-state index contributed by atoms with van der Waals surface area (Å²) in [6.07, 6.45) is 3.19. The van der Waals surface area contributed by atoms with Crippen LogP contribution in [0, 0.1) is 0 Å². The molecule has 160 valence electrons. The van der Waals surface area contributed by atoms with Crippen molar-refractivity contribution in [2.75, 3.05) is 20.2 Å². The van der Waals surface area contributed by atoms with E-state index in [1.165, 1.54) is 11.8 Å². The third kappa shape index (κ3) is 4.96. The number of hydrogen-bond acceptors (Lipinski definition) is 6. The Morgan fingerprint density at radius 1 is 1.03 bits per heavy atom. The number of nitrogens with zero attached hydrogens (tertiary/aromatic N) is 3. The first-order valence-electron chi connectivity index (χ1n) is 10.3. The second kappa shape index (κ2) is 9.78. The first-order valence-corrected chi connectivity index (χ1v) is 11.2. The lowest BCUT2D eigenvalue weighted by Crippen LogP contribution is -2.38. The number of ether oxygens (including phenoxy) is 1. The van der Waals surface area contributed by atoms with Gasteiger partial charge in [0.15, 0.2) is 10.9 Å². The number of H-pyrrole nitrogens is 1. The number of hydrogen-bond donors (Lipinski definition) is 1. The second-order valence-corrected chi connectivity index (χ2v) is 8.42. The van der Waals surface area contributed by atoms with Crippen LogP contribution in [0.4, 0.5) is 0 Å². The largest absolute Gasteiger partial charge is 0.497 e. The highest BCUT2D eigenvalue weighted by atomic mass is 32.2. The molecular weight excluding hydrogens is 412 g/mol. The van der Waals surface area contributed by atoms with Gasteiger partial charge in [0.25, 0.3) is 5.56 Å². The van der Waals surface area contributed by atoms with Crippen molar-refractivity contribution >= 4 is 17.7 Å². The van der Waals surface area contributed by atoms with Gasteiger partial charge in [0.05, 0.1) is 7.11 Å². The third-order valence-electron chi connectivity index (χ3n) is 5.26. The Balaban J connectivity index is 1.59. The lowest BCUT2D eigenvalue weighted by Gasteiger charge is -2.30. The molecule has 31 heavy (non-hydrogen) atoms. The summed E-state index contributed by atoms with van der Waals surface area (Å²) in [6.45, 7) is 1.53. The predicted molar refractivity (Wildman–Crippen MR) is 120 cm³/mol. The quantitative estimate of drug-likeness (QED) is 0.593. The monoisotopic (exact) mass is 436 g/mol. The van der Waals surface area contributed by atoms with Crippen LogP contribution in [0.25, 0.3) is 11.3 Å². The zero-order valence-electron chi connectivity index (χ0n) is 17.3. The highest BCUT2D eigenvalue weighted by Gasteiger charge is 2.29. The highest BCUT2D eigenvalue weighted by molar-refractivity contribution is 8.00. The summed E-state index contributed by atoms with van der Waals surface area (Å²) < 4.78 is 5.15. The van der Waals surface area contributed by atoms with Gasteiger partial charge in [-0.3, -0.25) is 14.6 Å². The zero-order valence-corrected chi connectivity index (χ0v) is 18.1. The maximum absolute atomic E-state index is 13.3. The van der Waals surface area contributed by atoms with E-state index in [2.05, 4.69) is 15.2 Å². The molecule has 1 N–H and O–H groups in total. The van der Waals surface area contributed by atoms with Crippen molar-refractivity contribution in [2.45, 2.75) is 29.7 Å². The molecule has 1 aliphatic heterocycles. The van der Waals surface area contributed by atoms with Gasteiger partial charge < -0.3 is 9.64 Å². The smallest absolute Gasteiger partial charge is 0.278 e. The molecule has 0 spiro atoms. The van der Waals surface area contributed by atoms with Gasteiger partial charge in [-0.05, 0) is 49.1 Å². The van der Waals surface area contributed by atoms with E-state index < -0.39 is 5.25 Å². The molecule has 0 aliphatic carbocycles. The topological polar surface area (TPSA) is 88.2 Å². The molecule has 1 aliphatic rings. The number of carbonyl (C=O) groups is 1. The van der Waals surface area contributed by atoms with Gasteiger partial charge in [0, 0.05) is 18.7 Å². The van der Waals surface area contributed by atoms with E-state index >= 15 is 0 Å². The fourth-order valence-corrected chi connectivity index (χ4v) is 4.60. The lowest BCUT2D eigenvalue weighted by atomic mass is 10.1. The van der Waals surface area contributed by atoms with Crippen molar-refractivity contribution in [3.8, 4) is 17.0 Å². The zero-order chi connectivity index (χ0) is 21.6.